The Hall–Kier alpha value is -2.47. The molecule has 1 aromatic carbocycles. The second-order valence-corrected chi connectivity index (χ2v) is 4.29. The summed E-state index contributed by atoms with van der Waals surface area (Å²) in [5.74, 6) is -0.214. The summed E-state index contributed by atoms with van der Waals surface area (Å²) >= 11 is 5.70. The molecule has 1 N–H and O–H groups in total. The molecule has 2 aromatic rings. The number of carbonyl (C=O) groups is 1. The van der Waals surface area contributed by atoms with Crippen molar-refractivity contribution < 1.29 is 9.72 Å². The molecule has 1 heterocycles. The minimum absolute atomic E-state index is 0.0215. The van der Waals surface area contributed by atoms with E-state index in [0.29, 0.717) is 5.56 Å². The Morgan fingerprint density at radius 2 is 1.95 bits per heavy atom. The first-order valence-electron chi connectivity index (χ1n) is 5.71. The molecule has 102 valence electrons. The molecule has 0 bridgehead atoms. The van der Waals surface area contributed by atoms with Gasteiger partial charge in [0, 0.05) is 11.6 Å². The Balaban J connectivity index is 2.13. The summed E-state index contributed by atoms with van der Waals surface area (Å²) in [6.07, 6.45) is 0. The monoisotopic (exact) mass is 291 g/mol. The van der Waals surface area contributed by atoms with E-state index in [4.69, 9.17) is 11.6 Å². The number of aromatic nitrogens is 1. The van der Waals surface area contributed by atoms with Crippen molar-refractivity contribution in [3.05, 3.63) is 63.3 Å². The van der Waals surface area contributed by atoms with Crippen LogP contribution in [-0.2, 0) is 0 Å². The lowest BCUT2D eigenvalue weighted by Crippen LogP contribution is -2.15. The molecule has 6 nitrogen and oxygen atoms in total. The fourth-order valence-electron chi connectivity index (χ4n) is 1.60. The molecule has 2 rings (SSSR count). The van der Waals surface area contributed by atoms with Gasteiger partial charge in [-0.1, -0.05) is 41.9 Å². The number of carbonyl (C=O) groups excluding carboxylic acids is 1. The molecule has 0 radical (unpaired) electrons. The molecule has 0 saturated carbocycles. The predicted molar refractivity (Wildman–Crippen MR) is 75.2 cm³/mol. The normalized spacial score (nSPS) is 10.1. The number of nitrogens with one attached hydrogen (secondary N) is 1. The van der Waals surface area contributed by atoms with E-state index in [1.54, 1.807) is 30.3 Å². The minimum Gasteiger partial charge on any atom is -0.357 e. The van der Waals surface area contributed by atoms with Gasteiger partial charge in [-0.05, 0) is 6.07 Å². The molecule has 7 heteroatoms. The third-order valence-corrected chi connectivity index (χ3v) is 2.76. The van der Waals surface area contributed by atoms with Gasteiger partial charge < -0.3 is 5.32 Å². The number of ketones is 1. The highest BCUT2D eigenvalue weighted by molar-refractivity contribution is 6.29. The fourth-order valence-corrected chi connectivity index (χ4v) is 1.74. The first kappa shape index (κ1) is 14.0. The molecule has 0 unspecified atom stereocenters. The maximum Gasteiger partial charge on any atom is 0.311 e. The van der Waals surface area contributed by atoms with Gasteiger partial charge in [0.05, 0.1) is 11.5 Å². The number of hydrogen-bond acceptors (Lipinski definition) is 5. The SMILES string of the molecule is O=C(CNc1nc(Cl)ccc1[N+](=O)[O-])c1ccccc1. The van der Waals surface area contributed by atoms with E-state index in [1.807, 2.05) is 0 Å². The maximum atomic E-state index is 11.9. The van der Waals surface area contributed by atoms with Crippen molar-refractivity contribution in [2.24, 2.45) is 0 Å². The number of nitro groups is 1. The molecule has 0 saturated heterocycles. The van der Waals surface area contributed by atoms with Gasteiger partial charge >= 0.3 is 5.69 Å². The third kappa shape index (κ3) is 3.30. The molecular weight excluding hydrogens is 282 g/mol. The van der Waals surface area contributed by atoms with Crippen molar-refractivity contribution in [1.82, 2.24) is 4.98 Å². The van der Waals surface area contributed by atoms with Crippen LogP contribution >= 0.6 is 11.6 Å². The van der Waals surface area contributed by atoms with E-state index in [2.05, 4.69) is 10.3 Å². The quantitative estimate of drug-likeness (QED) is 0.396. The van der Waals surface area contributed by atoms with Gasteiger partial charge in [0.1, 0.15) is 5.15 Å². The van der Waals surface area contributed by atoms with Crippen molar-refractivity contribution in [2.45, 2.75) is 0 Å². The van der Waals surface area contributed by atoms with Crippen molar-refractivity contribution in [3.8, 4) is 0 Å². The number of benzene rings is 1. The highest BCUT2D eigenvalue weighted by atomic mass is 35.5. The summed E-state index contributed by atoms with van der Waals surface area (Å²) in [6.45, 7) is -0.0990. The average molecular weight is 292 g/mol. The molecule has 0 spiro atoms. The smallest absolute Gasteiger partial charge is 0.311 e. The molecule has 0 amide bonds. The fraction of sp³-hybridized carbons (Fsp3) is 0.0769. The second-order valence-electron chi connectivity index (χ2n) is 3.90. The van der Waals surface area contributed by atoms with Crippen LogP contribution < -0.4 is 5.32 Å². The molecule has 20 heavy (non-hydrogen) atoms. The lowest BCUT2D eigenvalue weighted by atomic mass is 10.1. The predicted octanol–water partition coefficient (Wildman–Crippen LogP) is 2.94. The Kier molecular flexibility index (Phi) is 4.27. The summed E-state index contributed by atoms with van der Waals surface area (Å²) < 4.78 is 0. The van der Waals surface area contributed by atoms with Crippen molar-refractivity contribution >= 4 is 28.9 Å². The number of halogens is 1. The molecule has 1 aromatic heterocycles. The highest BCUT2D eigenvalue weighted by Crippen LogP contribution is 2.23. The number of Topliss-reactive ketones (excluding diaryl/α,β-unsaturated/α-hetero) is 1. The van der Waals surface area contributed by atoms with Gasteiger partial charge in [-0.3, -0.25) is 14.9 Å². The zero-order valence-corrected chi connectivity index (χ0v) is 11.0. The lowest BCUT2D eigenvalue weighted by Gasteiger charge is -2.06. The number of anilines is 1. The second kappa shape index (κ2) is 6.12. The number of pyridine rings is 1. The molecule has 0 aliphatic heterocycles. The van der Waals surface area contributed by atoms with Crippen LogP contribution in [0.2, 0.25) is 5.15 Å². The molecule has 0 fully saturated rings. The van der Waals surface area contributed by atoms with Gasteiger partial charge in [0.15, 0.2) is 5.78 Å². The summed E-state index contributed by atoms with van der Waals surface area (Å²) in [5, 5.41) is 13.6. The summed E-state index contributed by atoms with van der Waals surface area (Å²) in [7, 11) is 0. The van der Waals surface area contributed by atoms with Gasteiger partial charge in [0.25, 0.3) is 0 Å². The van der Waals surface area contributed by atoms with E-state index < -0.39 is 4.92 Å². The molecular formula is C13H10ClN3O3. The summed E-state index contributed by atoms with van der Waals surface area (Å²) in [6, 6.07) is 11.2. The van der Waals surface area contributed by atoms with Crippen molar-refractivity contribution in [2.75, 3.05) is 11.9 Å². The van der Waals surface area contributed by atoms with Gasteiger partial charge in [-0.15, -0.1) is 0 Å². The van der Waals surface area contributed by atoms with Crippen LogP contribution in [0.1, 0.15) is 10.4 Å². The standard InChI is InChI=1S/C13H10ClN3O3/c14-12-7-6-10(17(19)20)13(16-12)15-8-11(18)9-4-2-1-3-5-9/h1-7H,8H2,(H,15,16). The average Bonchev–Trinajstić information content (AvgIpc) is 2.45. The lowest BCUT2D eigenvalue weighted by molar-refractivity contribution is -0.384. The van der Waals surface area contributed by atoms with Gasteiger partial charge in [0.2, 0.25) is 5.82 Å². The van der Waals surface area contributed by atoms with Crippen LogP contribution in [0.15, 0.2) is 42.5 Å². The van der Waals surface area contributed by atoms with Crippen molar-refractivity contribution in [3.63, 3.8) is 0 Å². The maximum absolute atomic E-state index is 11.9. The molecule has 0 atom stereocenters. The zero-order valence-electron chi connectivity index (χ0n) is 10.2. The zero-order chi connectivity index (χ0) is 14.5. The Morgan fingerprint density at radius 1 is 1.25 bits per heavy atom. The van der Waals surface area contributed by atoms with E-state index in [9.17, 15) is 14.9 Å². The highest BCUT2D eigenvalue weighted by Gasteiger charge is 2.16. The number of nitrogens with zero attached hydrogens (tertiary/aromatic N) is 2. The largest absolute Gasteiger partial charge is 0.357 e. The Bertz CT molecular complexity index is 647. The van der Waals surface area contributed by atoms with Crippen LogP contribution in [0.25, 0.3) is 0 Å². The van der Waals surface area contributed by atoms with Crippen LogP contribution in [-0.4, -0.2) is 22.2 Å². The Labute approximate surface area is 119 Å². The topological polar surface area (TPSA) is 85.1 Å². The van der Waals surface area contributed by atoms with E-state index in [1.165, 1.54) is 12.1 Å². The number of hydrogen-bond donors (Lipinski definition) is 1. The van der Waals surface area contributed by atoms with Crippen LogP contribution in [0.5, 0.6) is 0 Å². The number of rotatable bonds is 5. The summed E-state index contributed by atoms with van der Waals surface area (Å²) in [4.78, 5) is 26.0. The minimum atomic E-state index is -0.585. The van der Waals surface area contributed by atoms with Gasteiger partial charge in [-0.2, -0.15) is 0 Å². The van der Waals surface area contributed by atoms with Crippen LogP contribution in [0.3, 0.4) is 0 Å². The summed E-state index contributed by atoms with van der Waals surface area (Å²) in [5.41, 5.74) is 0.292. The molecule has 0 aliphatic rings. The first-order chi connectivity index (χ1) is 9.58. The van der Waals surface area contributed by atoms with Crippen LogP contribution in [0.4, 0.5) is 11.5 Å². The van der Waals surface area contributed by atoms with Gasteiger partial charge in [-0.25, -0.2) is 4.98 Å². The van der Waals surface area contributed by atoms with E-state index in [0.717, 1.165) is 0 Å². The third-order valence-electron chi connectivity index (χ3n) is 2.55. The molecule has 0 aliphatic carbocycles. The van der Waals surface area contributed by atoms with Crippen LogP contribution in [0, 0.1) is 10.1 Å². The Morgan fingerprint density at radius 3 is 2.60 bits per heavy atom. The van der Waals surface area contributed by atoms with E-state index in [-0.39, 0.29) is 29.0 Å². The van der Waals surface area contributed by atoms with Crippen molar-refractivity contribution in [1.29, 1.82) is 0 Å². The van der Waals surface area contributed by atoms with E-state index >= 15 is 0 Å². The first-order valence-corrected chi connectivity index (χ1v) is 6.09.